The Balaban J connectivity index is 2.53. The zero-order valence-electron chi connectivity index (χ0n) is 10.0. The van der Waals surface area contributed by atoms with Gasteiger partial charge in [0.2, 0.25) is 0 Å². The molecule has 7 heteroatoms. The number of hydrogen-bond donors (Lipinski definition) is 1. The second-order valence-corrected chi connectivity index (χ2v) is 5.71. The quantitative estimate of drug-likeness (QED) is 0.312. The Hall–Kier alpha value is -0.960. The molecule has 18 heavy (non-hydrogen) atoms. The van der Waals surface area contributed by atoms with Crippen molar-refractivity contribution in [3.63, 3.8) is 0 Å². The summed E-state index contributed by atoms with van der Waals surface area (Å²) in [7, 11) is 1.92. The van der Waals surface area contributed by atoms with E-state index in [0.29, 0.717) is 12.8 Å². The van der Waals surface area contributed by atoms with Gasteiger partial charge in [0.05, 0.1) is 0 Å². The average molecular weight is 366 g/mol. The third-order valence-electron chi connectivity index (χ3n) is 2.63. The van der Waals surface area contributed by atoms with E-state index >= 15 is 0 Å². The molecular formula is C11H15IN2O4. The first-order valence-corrected chi connectivity index (χ1v) is 6.55. The lowest BCUT2D eigenvalue weighted by Gasteiger charge is -2.22. The monoisotopic (exact) mass is 366 g/mol. The molecule has 1 unspecified atom stereocenters. The highest BCUT2D eigenvalue weighted by Crippen LogP contribution is 2.15. The molecule has 0 aromatic rings. The number of carbonyl (C=O) groups is 3. The molecule has 0 radical (unpaired) electrons. The van der Waals surface area contributed by atoms with Gasteiger partial charge < -0.3 is 5.11 Å². The van der Waals surface area contributed by atoms with Crippen LogP contribution < -0.4 is 0 Å². The number of imide groups is 1. The topological polar surface area (TPSA) is 77.9 Å². The number of amides is 2. The molecule has 1 rings (SSSR count). The van der Waals surface area contributed by atoms with E-state index in [1.54, 1.807) is 0 Å². The van der Waals surface area contributed by atoms with Gasteiger partial charge in [0.25, 0.3) is 11.8 Å². The average Bonchev–Trinajstić information content (AvgIpc) is 2.59. The van der Waals surface area contributed by atoms with Crippen LogP contribution in [0.15, 0.2) is 12.2 Å². The van der Waals surface area contributed by atoms with Gasteiger partial charge in [-0.3, -0.25) is 17.6 Å². The fourth-order valence-corrected chi connectivity index (χ4v) is 2.09. The molecule has 0 spiro atoms. The van der Waals surface area contributed by atoms with E-state index in [1.165, 1.54) is 0 Å². The molecule has 0 aromatic heterocycles. The van der Waals surface area contributed by atoms with Crippen LogP contribution in [-0.2, 0) is 14.4 Å². The van der Waals surface area contributed by atoms with Crippen molar-refractivity contribution < 1.29 is 19.5 Å². The Kier molecular flexibility index (Phi) is 5.73. The highest BCUT2D eigenvalue weighted by molar-refractivity contribution is 14.1. The predicted octanol–water partition coefficient (Wildman–Crippen LogP) is 0.817. The number of halogens is 1. The van der Waals surface area contributed by atoms with Crippen molar-refractivity contribution >= 4 is 40.6 Å². The Labute approximate surface area is 119 Å². The minimum atomic E-state index is -1.14. The van der Waals surface area contributed by atoms with Crippen molar-refractivity contribution in [3.05, 3.63) is 12.2 Å². The maximum atomic E-state index is 11.4. The van der Waals surface area contributed by atoms with Crippen LogP contribution in [-0.4, -0.2) is 50.5 Å². The maximum Gasteiger partial charge on any atom is 0.326 e. The number of aliphatic carboxylic acids is 1. The summed E-state index contributed by atoms with van der Waals surface area (Å²) in [5.74, 6) is -2.22. The summed E-state index contributed by atoms with van der Waals surface area (Å²) in [6, 6.07) is -1.06. The summed E-state index contributed by atoms with van der Waals surface area (Å²) >= 11 is 2.15. The van der Waals surface area contributed by atoms with Crippen molar-refractivity contribution in [2.24, 2.45) is 0 Å². The van der Waals surface area contributed by atoms with Crippen molar-refractivity contribution in [3.8, 4) is 0 Å². The fourth-order valence-electron chi connectivity index (χ4n) is 1.75. The number of unbranched alkanes of at least 4 members (excludes halogenated alkanes) is 1. The Morgan fingerprint density at radius 2 is 1.94 bits per heavy atom. The summed E-state index contributed by atoms with van der Waals surface area (Å²) in [5, 5.41) is 9.09. The van der Waals surface area contributed by atoms with E-state index < -0.39 is 23.8 Å². The summed E-state index contributed by atoms with van der Waals surface area (Å²) in [5.41, 5.74) is 0. The second kappa shape index (κ2) is 6.83. The fraction of sp³-hybridized carbons (Fsp3) is 0.545. The molecule has 0 saturated heterocycles. The van der Waals surface area contributed by atoms with Crippen molar-refractivity contribution in [1.82, 2.24) is 8.01 Å². The van der Waals surface area contributed by atoms with E-state index in [-0.39, 0.29) is 0 Å². The third kappa shape index (κ3) is 4.05. The molecule has 1 heterocycles. The van der Waals surface area contributed by atoms with Crippen LogP contribution in [0, 0.1) is 0 Å². The Morgan fingerprint density at radius 1 is 1.39 bits per heavy atom. The first kappa shape index (κ1) is 15.1. The van der Waals surface area contributed by atoms with Gasteiger partial charge in [-0.05, 0) is 26.3 Å². The van der Waals surface area contributed by atoms with Crippen LogP contribution in [0.4, 0.5) is 0 Å². The van der Waals surface area contributed by atoms with E-state index in [0.717, 1.165) is 30.0 Å². The third-order valence-corrected chi connectivity index (χ3v) is 3.12. The molecule has 1 aliphatic rings. The van der Waals surface area contributed by atoms with Gasteiger partial charge >= 0.3 is 5.97 Å². The standard InChI is InChI=1S/C11H15IN2O4/c1-13(12)7-3-2-4-8(11(17)18)14-9(15)5-6-10(14)16/h5-6,8H,2-4,7H2,1H3,(H,17,18). The SMILES string of the molecule is CN(I)CCCCC(C(=O)O)N1C(=O)C=CC1=O. The van der Waals surface area contributed by atoms with Crippen LogP contribution >= 0.6 is 22.9 Å². The van der Waals surface area contributed by atoms with Crippen LogP contribution in [0.25, 0.3) is 0 Å². The molecule has 1 atom stereocenters. The van der Waals surface area contributed by atoms with Crippen LogP contribution in [0.3, 0.4) is 0 Å². The largest absolute Gasteiger partial charge is 0.480 e. The smallest absolute Gasteiger partial charge is 0.326 e. The summed E-state index contributed by atoms with van der Waals surface area (Å²) in [6.45, 7) is 0.840. The van der Waals surface area contributed by atoms with Crippen molar-refractivity contribution in [2.75, 3.05) is 13.6 Å². The molecular weight excluding hydrogens is 351 g/mol. The number of nitrogens with zero attached hydrogens (tertiary/aromatic N) is 2. The molecule has 0 aromatic carbocycles. The number of rotatable bonds is 7. The van der Waals surface area contributed by atoms with E-state index in [2.05, 4.69) is 22.9 Å². The van der Waals surface area contributed by atoms with Crippen molar-refractivity contribution in [2.45, 2.75) is 25.3 Å². The van der Waals surface area contributed by atoms with Crippen LogP contribution in [0.1, 0.15) is 19.3 Å². The number of hydrogen-bond acceptors (Lipinski definition) is 4. The molecule has 0 fully saturated rings. The minimum absolute atomic E-state index is 0.291. The van der Waals surface area contributed by atoms with Gasteiger partial charge in [0.1, 0.15) is 6.04 Å². The lowest BCUT2D eigenvalue weighted by Crippen LogP contribution is -2.45. The minimum Gasteiger partial charge on any atom is -0.480 e. The zero-order valence-corrected chi connectivity index (χ0v) is 12.2. The van der Waals surface area contributed by atoms with Gasteiger partial charge in [0.15, 0.2) is 0 Å². The Morgan fingerprint density at radius 3 is 2.39 bits per heavy atom. The zero-order chi connectivity index (χ0) is 13.7. The molecule has 6 nitrogen and oxygen atoms in total. The summed E-state index contributed by atoms with van der Waals surface area (Å²) < 4.78 is 1.97. The van der Waals surface area contributed by atoms with E-state index in [4.69, 9.17) is 5.11 Å². The first-order chi connectivity index (χ1) is 8.43. The summed E-state index contributed by atoms with van der Waals surface area (Å²) in [4.78, 5) is 34.8. The van der Waals surface area contributed by atoms with Crippen molar-refractivity contribution in [1.29, 1.82) is 0 Å². The van der Waals surface area contributed by atoms with Gasteiger partial charge in [-0.25, -0.2) is 4.79 Å². The number of carbonyl (C=O) groups excluding carboxylic acids is 2. The predicted molar refractivity (Wildman–Crippen MR) is 72.9 cm³/mol. The van der Waals surface area contributed by atoms with Gasteiger partial charge in [-0.15, -0.1) is 0 Å². The van der Waals surface area contributed by atoms with E-state index in [9.17, 15) is 14.4 Å². The molecule has 0 saturated carbocycles. The normalized spacial score (nSPS) is 16.7. The van der Waals surface area contributed by atoms with Gasteiger partial charge in [0, 0.05) is 41.6 Å². The lowest BCUT2D eigenvalue weighted by molar-refractivity contribution is -0.153. The van der Waals surface area contributed by atoms with E-state index in [1.807, 2.05) is 10.2 Å². The van der Waals surface area contributed by atoms with Gasteiger partial charge in [-0.1, -0.05) is 0 Å². The highest BCUT2D eigenvalue weighted by atomic mass is 127. The van der Waals surface area contributed by atoms with Gasteiger partial charge in [-0.2, -0.15) is 0 Å². The molecule has 1 aliphatic heterocycles. The molecule has 1 N–H and O–H groups in total. The first-order valence-electron chi connectivity index (χ1n) is 5.58. The Bertz CT molecular complexity index is 363. The van der Waals surface area contributed by atoms with Crippen LogP contribution in [0.5, 0.6) is 0 Å². The highest BCUT2D eigenvalue weighted by Gasteiger charge is 2.35. The molecule has 0 bridgehead atoms. The number of carboxylic acid groups (broad SMARTS) is 1. The molecule has 0 aliphatic carbocycles. The molecule has 2 amide bonds. The number of carboxylic acids is 1. The lowest BCUT2D eigenvalue weighted by atomic mass is 10.1. The molecule has 100 valence electrons. The van der Waals surface area contributed by atoms with Crippen LogP contribution in [0.2, 0.25) is 0 Å². The second-order valence-electron chi connectivity index (χ2n) is 4.06. The summed E-state index contributed by atoms with van der Waals surface area (Å²) in [6.07, 6.45) is 3.99. The maximum absolute atomic E-state index is 11.4.